The Morgan fingerprint density at radius 2 is 2.31 bits per heavy atom. The summed E-state index contributed by atoms with van der Waals surface area (Å²) in [4.78, 5) is 0. The lowest BCUT2D eigenvalue weighted by atomic mass is 9.88. The molecule has 2 N–H and O–H groups in total. The van der Waals surface area contributed by atoms with E-state index in [4.69, 9.17) is 0 Å². The topological polar surface area (TPSA) is 32.3 Å². The Morgan fingerprint density at radius 3 is 3.08 bits per heavy atom. The first kappa shape index (κ1) is 9.03. The summed E-state index contributed by atoms with van der Waals surface area (Å²) in [5, 5.41) is 13.3. The molecule has 1 aromatic rings. The summed E-state index contributed by atoms with van der Waals surface area (Å²) in [6, 6.07) is 5.93. The predicted molar refractivity (Wildman–Crippen MR) is 56.8 cm³/mol. The van der Waals surface area contributed by atoms with Crippen molar-refractivity contribution in [3.63, 3.8) is 0 Å². The summed E-state index contributed by atoms with van der Waals surface area (Å²) in [6.07, 6.45) is 0.766. The van der Waals surface area contributed by atoms with Crippen LogP contribution in [0.25, 0.3) is 0 Å². The van der Waals surface area contributed by atoms with Crippen LogP contribution in [0.1, 0.15) is 18.9 Å². The molecule has 3 heteroatoms. The van der Waals surface area contributed by atoms with E-state index in [2.05, 4.69) is 21.2 Å². The van der Waals surface area contributed by atoms with Crippen molar-refractivity contribution >= 4 is 21.6 Å². The maximum Gasteiger partial charge on any atom is 0.0905 e. The zero-order valence-corrected chi connectivity index (χ0v) is 9.06. The third kappa shape index (κ3) is 1.58. The van der Waals surface area contributed by atoms with Crippen LogP contribution < -0.4 is 5.32 Å². The van der Waals surface area contributed by atoms with Gasteiger partial charge in [-0.15, -0.1) is 0 Å². The van der Waals surface area contributed by atoms with Crippen LogP contribution >= 0.6 is 15.9 Å². The number of rotatable bonds is 0. The van der Waals surface area contributed by atoms with E-state index in [0.717, 1.165) is 28.7 Å². The van der Waals surface area contributed by atoms with Crippen LogP contribution in [-0.2, 0) is 5.60 Å². The summed E-state index contributed by atoms with van der Waals surface area (Å²) in [5.74, 6) is 0. The van der Waals surface area contributed by atoms with E-state index in [1.54, 1.807) is 0 Å². The fourth-order valence-electron chi connectivity index (χ4n) is 1.71. The van der Waals surface area contributed by atoms with E-state index in [1.807, 2.05) is 25.1 Å². The van der Waals surface area contributed by atoms with E-state index in [0.29, 0.717) is 0 Å². The second-order valence-corrected chi connectivity index (χ2v) is 4.56. The van der Waals surface area contributed by atoms with Crippen molar-refractivity contribution in [2.45, 2.75) is 18.9 Å². The van der Waals surface area contributed by atoms with Crippen molar-refractivity contribution in [1.82, 2.24) is 0 Å². The second kappa shape index (κ2) is 3.00. The quantitative estimate of drug-likeness (QED) is 0.732. The predicted octanol–water partition coefficient (Wildman–Crippen LogP) is 2.47. The Hall–Kier alpha value is -0.540. The van der Waals surface area contributed by atoms with Gasteiger partial charge in [0.2, 0.25) is 0 Å². The van der Waals surface area contributed by atoms with Crippen molar-refractivity contribution < 1.29 is 5.11 Å². The van der Waals surface area contributed by atoms with E-state index < -0.39 is 5.60 Å². The van der Waals surface area contributed by atoms with Crippen LogP contribution in [0.3, 0.4) is 0 Å². The molecule has 70 valence electrons. The first-order valence-corrected chi connectivity index (χ1v) is 5.15. The Bertz CT molecular complexity index is 336. The van der Waals surface area contributed by atoms with Crippen LogP contribution in [0.5, 0.6) is 0 Å². The van der Waals surface area contributed by atoms with Crippen LogP contribution in [0, 0.1) is 0 Å². The maximum atomic E-state index is 10.1. The summed E-state index contributed by atoms with van der Waals surface area (Å²) in [5.41, 5.74) is 1.34. The highest BCUT2D eigenvalue weighted by molar-refractivity contribution is 9.10. The summed E-state index contributed by atoms with van der Waals surface area (Å²) in [7, 11) is 0. The standard InChI is InChI=1S/C10H12BrNO/c1-10(13)4-5-12-9-6-7(11)2-3-8(9)10/h2-3,6,12-13H,4-5H2,1H3. The minimum atomic E-state index is -0.679. The number of nitrogens with one attached hydrogen (secondary N) is 1. The fourth-order valence-corrected chi connectivity index (χ4v) is 2.07. The molecule has 1 aliphatic heterocycles. The van der Waals surface area contributed by atoms with Gasteiger partial charge in [0.1, 0.15) is 0 Å². The third-order valence-electron chi connectivity index (χ3n) is 2.49. The lowest BCUT2D eigenvalue weighted by Gasteiger charge is -2.31. The average Bonchev–Trinajstić information content (AvgIpc) is 2.02. The molecule has 0 saturated carbocycles. The molecule has 0 spiro atoms. The first-order valence-electron chi connectivity index (χ1n) is 4.36. The molecular formula is C10H12BrNO. The summed E-state index contributed by atoms with van der Waals surface area (Å²) in [6.45, 7) is 2.69. The number of hydrogen-bond donors (Lipinski definition) is 2. The van der Waals surface area contributed by atoms with Gasteiger partial charge >= 0.3 is 0 Å². The van der Waals surface area contributed by atoms with Gasteiger partial charge in [-0.05, 0) is 25.5 Å². The Balaban J connectivity index is 2.53. The highest BCUT2D eigenvalue weighted by atomic mass is 79.9. The number of aliphatic hydroxyl groups is 1. The molecule has 1 aliphatic rings. The Kier molecular flexibility index (Phi) is 2.08. The van der Waals surface area contributed by atoms with E-state index in [9.17, 15) is 5.11 Å². The lowest BCUT2D eigenvalue weighted by Crippen LogP contribution is -2.30. The molecule has 13 heavy (non-hydrogen) atoms. The van der Waals surface area contributed by atoms with Gasteiger partial charge in [-0.25, -0.2) is 0 Å². The fraction of sp³-hybridized carbons (Fsp3) is 0.400. The normalized spacial score (nSPS) is 26.4. The highest BCUT2D eigenvalue weighted by Crippen LogP contribution is 2.35. The van der Waals surface area contributed by atoms with E-state index in [1.165, 1.54) is 0 Å². The Labute approximate surface area is 86.1 Å². The van der Waals surface area contributed by atoms with Crippen molar-refractivity contribution in [2.75, 3.05) is 11.9 Å². The monoisotopic (exact) mass is 241 g/mol. The molecule has 1 unspecified atom stereocenters. The van der Waals surface area contributed by atoms with E-state index >= 15 is 0 Å². The summed E-state index contributed by atoms with van der Waals surface area (Å²) < 4.78 is 1.04. The molecule has 0 aliphatic carbocycles. The Morgan fingerprint density at radius 1 is 1.54 bits per heavy atom. The van der Waals surface area contributed by atoms with Gasteiger partial charge < -0.3 is 10.4 Å². The number of hydrogen-bond acceptors (Lipinski definition) is 2. The van der Waals surface area contributed by atoms with Crippen molar-refractivity contribution in [1.29, 1.82) is 0 Å². The van der Waals surface area contributed by atoms with Gasteiger partial charge in [-0.1, -0.05) is 22.0 Å². The van der Waals surface area contributed by atoms with Crippen LogP contribution in [-0.4, -0.2) is 11.7 Å². The number of fused-ring (bicyclic) bond motifs is 1. The second-order valence-electron chi connectivity index (χ2n) is 3.64. The molecule has 1 aromatic carbocycles. The molecule has 1 atom stereocenters. The molecule has 1 heterocycles. The molecular weight excluding hydrogens is 230 g/mol. The van der Waals surface area contributed by atoms with Crippen molar-refractivity contribution in [3.05, 3.63) is 28.2 Å². The number of halogens is 1. The average molecular weight is 242 g/mol. The van der Waals surface area contributed by atoms with Crippen molar-refractivity contribution in [2.24, 2.45) is 0 Å². The molecule has 0 aromatic heterocycles. The molecule has 2 rings (SSSR count). The van der Waals surface area contributed by atoms with Crippen LogP contribution in [0.15, 0.2) is 22.7 Å². The smallest absolute Gasteiger partial charge is 0.0905 e. The molecule has 0 amide bonds. The molecule has 0 fully saturated rings. The van der Waals surface area contributed by atoms with Crippen LogP contribution in [0.2, 0.25) is 0 Å². The van der Waals surface area contributed by atoms with Crippen LogP contribution in [0.4, 0.5) is 5.69 Å². The molecule has 2 nitrogen and oxygen atoms in total. The lowest BCUT2D eigenvalue weighted by molar-refractivity contribution is 0.0488. The minimum Gasteiger partial charge on any atom is -0.385 e. The maximum absolute atomic E-state index is 10.1. The first-order chi connectivity index (χ1) is 6.09. The SMILES string of the molecule is CC1(O)CCNc2cc(Br)ccc21. The van der Waals surface area contributed by atoms with Gasteiger partial charge in [0, 0.05) is 22.3 Å². The number of benzene rings is 1. The van der Waals surface area contributed by atoms with Crippen molar-refractivity contribution in [3.8, 4) is 0 Å². The van der Waals surface area contributed by atoms with Gasteiger partial charge in [-0.3, -0.25) is 0 Å². The minimum absolute atomic E-state index is 0.679. The van der Waals surface area contributed by atoms with Gasteiger partial charge in [-0.2, -0.15) is 0 Å². The van der Waals surface area contributed by atoms with Gasteiger partial charge in [0.15, 0.2) is 0 Å². The molecule has 0 saturated heterocycles. The molecule has 0 radical (unpaired) electrons. The van der Waals surface area contributed by atoms with E-state index in [-0.39, 0.29) is 0 Å². The molecule has 0 bridgehead atoms. The largest absolute Gasteiger partial charge is 0.385 e. The highest BCUT2D eigenvalue weighted by Gasteiger charge is 2.28. The number of anilines is 1. The summed E-state index contributed by atoms with van der Waals surface area (Å²) >= 11 is 3.41. The third-order valence-corrected chi connectivity index (χ3v) is 2.98. The zero-order valence-electron chi connectivity index (χ0n) is 7.47. The van der Waals surface area contributed by atoms with Gasteiger partial charge in [0.25, 0.3) is 0 Å². The van der Waals surface area contributed by atoms with Gasteiger partial charge in [0.05, 0.1) is 5.60 Å². The zero-order chi connectivity index (χ0) is 9.47.